The van der Waals surface area contributed by atoms with Gasteiger partial charge in [0.15, 0.2) is 11.5 Å². The fraction of sp³-hybridized carbons (Fsp3) is 0.320. The molecular formula is C25H26N4O4. The Bertz CT molecular complexity index is 1410. The summed E-state index contributed by atoms with van der Waals surface area (Å²) >= 11 is 0. The Labute approximate surface area is 190 Å². The largest absolute Gasteiger partial charge is 0.486 e. The van der Waals surface area contributed by atoms with Crippen molar-refractivity contribution >= 4 is 27.7 Å². The highest BCUT2D eigenvalue weighted by atomic mass is 16.6. The van der Waals surface area contributed by atoms with E-state index in [2.05, 4.69) is 10.4 Å². The topological polar surface area (TPSA) is 87.4 Å². The molecule has 33 heavy (non-hydrogen) atoms. The van der Waals surface area contributed by atoms with Gasteiger partial charge in [0.1, 0.15) is 18.7 Å². The highest BCUT2D eigenvalue weighted by Gasteiger charge is 2.17. The number of nitrogens with one attached hydrogen (secondary N) is 1. The SMILES string of the molecule is CC(NC(=O)CCCn1c2ccccc2c2cnn(C)c(=O)c21)c1ccc2c(c1)OCCO2. The molecule has 0 spiro atoms. The van der Waals surface area contributed by atoms with Gasteiger partial charge < -0.3 is 19.4 Å². The summed E-state index contributed by atoms with van der Waals surface area (Å²) in [6, 6.07) is 13.5. The molecule has 170 valence electrons. The highest BCUT2D eigenvalue weighted by Crippen LogP contribution is 2.32. The smallest absolute Gasteiger partial charge is 0.291 e. The van der Waals surface area contributed by atoms with E-state index in [9.17, 15) is 9.59 Å². The summed E-state index contributed by atoms with van der Waals surface area (Å²) in [6.45, 7) is 3.59. The van der Waals surface area contributed by atoms with E-state index in [1.807, 2.05) is 54.0 Å². The summed E-state index contributed by atoms with van der Waals surface area (Å²) in [7, 11) is 1.65. The zero-order chi connectivity index (χ0) is 22.9. The first kappa shape index (κ1) is 21.1. The Morgan fingerprint density at radius 2 is 1.91 bits per heavy atom. The molecule has 8 nitrogen and oxygen atoms in total. The van der Waals surface area contributed by atoms with E-state index in [1.54, 1.807) is 13.2 Å². The average molecular weight is 447 g/mol. The normalized spacial score (nSPS) is 13.9. The number of hydrogen-bond acceptors (Lipinski definition) is 5. The predicted octanol–water partition coefficient (Wildman–Crippen LogP) is 3.32. The van der Waals surface area contributed by atoms with Gasteiger partial charge in [0, 0.05) is 36.3 Å². The number of hydrogen-bond donors (Lipinski definition) is 1. The molecule has 1 atom stereocenters. The fourth-order valence-corrected chi connectivity index (χ4v) is 4.40. The molecule has 0 saturated heterocycles. The van der Waals surface area contributed by atoms with Crippen LogP contribution < -0.4 is 20.3 Å². The maximum Gasteiger partial charge on any atom is 0.291 e. The van der Waals surface area contributed by atoms with Gasteiger partial charge in [0.25, 0.3) is 5.56 Å². The number of para-hydroxylation sites is 1. The first-order valence-corrected chi connectivity index (χ1v) is 11.1. The second-order valence-corrected chi connectivity index (χ2v) is 8.30. The summed E-state index contributed by atoms with van der Waals surface area (Å²) < 4.78 is 14.6. The Morgan fingerprint density at radius 3 is 2.76 bits per heavy atom. The minimum Gasteiger partial charge on any atom is -0.486 e. The average Bonchev–Trinajstić information content (AvgIpc) is 3.15. The van der Waals surface area contributed by atoms with Crippen LogP contribution in [0.4, 0.5) is 0 Å². The first-order valence-electron chi connectivity index (χ1n) is 11.1. The van der Waals surface area contributed by atoms with Crippen molar-refractivity contribution in [2.24, 2.45) is 7.05 Å². The number of nitrogens with zero attached hydrogens (tertiary/aromatic N) is 3. The van der Waals surface area contributed by atoms with Gasteiger partial charge >= 0.3 is 0 Å². The molecule has 0 fully saturated rings. The highest BCUT2D eigenvalue weighted by molar-refractivity contribution is 6.07. The Kier molecular flexibility index (Phi) is 5.50. The molecule has 1 unspecified atom stereocenters. The quantitative estimate of drug-likeness (QED) is 0.491. The molecule has 0 saturated carbocycles. The second-order valence-electron chi connectivity index (χ2n) is 8.30. The van der Waals surface area contributed by atoms with Crippen molar-refractivity contribution in [1.82, 2.24) is 19.7 Å². The van der Waals surface area contributed by atoms with Gasteiger partial charge in [-0.1, -0.05) is 24.3 Å². The van der Waals surface area contributed by atoms with E-state index in [-0.39, 0.29) is 17.5 Å². The minimum atomic E-state index is -0.153. The Balaban J connectivity index is 1.28. The molecular weight excluding hydrogens is 420 g/mol. The number of aryl methyl sites for hydroxylation is 2. The van der Waals surface area contributed by atoms with E-state index in [0.717, 1.165) is 27.6 Å². The molecule has 1 aliphatic heterocycles. The van der Waals surface area contributed by atoms with E-state index >= 15 is 0 Å². The molecule has 4 aromatic rings. The van der Waals surface area contributed by atoms with E-state index < -0.39 is 0 Å². The van der Waals surface area contributed by atoms with Crippen molar-refractivity contribution in [1.29, 1.82) is 0 Å². The third-order valence-electron chi connectivity index (χ3n) is 6.10. The lowest BCUT2D eigenvalue weighted by Gasteiger charge is -2.21. The number of benzene rings is 2. The van der Waals surface area contributed by atoms with Crippen molar-refractivity contribution in [3.63, 3.8) is 0 Å². The van der Waals surface area contributed by atoms with Gasteiger partial charge in [-0.25, -0.2) is 4.68 Å². The van der Waals surface area contributed by atoms with E-state index in [1.165, 1.54) is 4.68 Å². The van der Waals surface area contributed by atoms with Crippen molar-refractivity contribution in [2.75, 3.05) is 13.2 Å². The van der Waals surface area contributed by atoms with Crippen molar-refractivity contribution in [2.45, 2.75) is 32.4 Å². The zero-order valence-electron chi connectivity index (χ0n) is 18.7. The molecule has 0 aliphatic carbocycles. The summed E-state index contributed by atoms with van der Waals surface area (Å²) in [5.41, 5.74) is 2.42. The number of aromatic nitrogens is 3. The van der Waals surface area contributed by atoms with Crippen molar-refractivity contribution in [3.05, 3.63) is 64.6 Å². The monoisotopic (exact) mass is 446 g/mol. The number of fused-ring (bicyclic) bond motifs is 4. The number of carbonyl (C=O) groups is 1. The number of amides is 1. The minimum absolute atomic E-state index is 0.0345. The van der Waals surface area contributed by atoms with E-state index in [4.69, 9.17) is 9.47 Å². The molecule has 3 heterocycles. The molecule has 1 amide bonds. The van der Waals surface area contributed by atoms with Gasteiger partial charge in [0.2, 0.25) is 5.91 Å². The van der Waals surface area contributed by atoms with Crippen LogP contribution in [-0.2, 0) is 18.4 Å². The standard InChI is InChI=1S/C25H26N4O4/c1-16(17-9-10-21-22(14-17)33-13-12-32-21)27-23(30)8-5-11-29-20-7-4-3-6-18(20)19-15-26-28(2)25(31)24(19)29/h3-4,6-7,9-10,14-16H,5,8,11-13H2,1-2H3,(H,27,30). The zero-order valence-corrected chi connectivity index (χ0v) is 18.7. The maximum atomic E-state index is 12.8. The van der Waals surface area contributed by atoms with Crippen molar-refractivity contribution < 1.29 is 14.3 Å². The van der Waals surface area contributed by atoms with Gasteiger partial charge in [-0.2, -0.15) is 5.10 Å². The number of ether oxygens (including phenoxy) is 2. The first-order chi connectivity index (χ1) is 16.0. The third-order valence-corrected chi connectivity index (χ3v) is 6.10. The fourth-order valence-electron chi connectivity index (χ4n) is 4.40. The van der Waals surface area contributed by atoms with Gasteiger partial charge in [-0.15, -0.1) is 0 Å². The van der Waals surface area contributed by atoms with Gasteiger partial charge in [-0.3, -0.25) is 9.59 Å². The molecule has 8 heteroatoms. The van der Waals surface area contributed by atoms with Crippen LogP contribution >= 0.6 is 0 Å². The van der Waals surface area contributed by atoms with Crippen LogP contribution in [0.5, 0.6) is 11.5 Å². The van der Waals surface area contributed by atoms with Crippen LogP contribution in [0, 0.1) is 0 Å². The van der Waals surface area contributed by atoms with Crippen molar-refractivity contribution in [3.8, 4) is 11.5 Å². The molecule has 1 N–H and O–H groups in total. The van der Waals surface area contributed by atoms with Gasteiger partial charge in [0.05, 0.1) is 12.2 Å². The van der Waals surface area contributed by atoms with E-state index in [0.29, 0.717) is 43.9 Å². The van der Waals surface area contributed by atoms with Crippen LogP contribution in [0.1, 0.15) is 31.4 Å². The molecule has 2 aromatic carbocycles. The number of rotatable bonds is 6. The van der Waals surface area contributed by atoms with Crippen LogP contribution in [-0.4, -0.2) is 33.5 Å². The lowest BCUT2D eigenvalue weighted by molar-refractivity contribution is -0.121. The van der Waals surface area contributed by atoms with Crippen LogP contribution in [0.25, 0.3) is 21.8 Å². The Hall–Kier alpha value is -3.81. The molecule has 5 rings (SSSR count). The van der Waals surface area contributed by atoms with Crippen LogP contribution in [0.15, 0.2) is 53.5 Å². The maximum absolute atomic E-state index is 12.8. The molecule has 0 bridgehead atoms. The second kappa shape index (κ2) is 8.61. The summed E-state index contributed by atoms with van der Waals surface area (Å²) in [4.78, 5) is 25.4. The lowest BCUT2D eigenvalue weighted by atomic mass is 10.1. The predicted molar refractivity (Wildman–Crippen MR) is 126 cm³/mol. The summed E-state index contributed by atoms with van der Waals surface area (Å²) in [6.07, 6.45) is 2.70. The number of carbonyl (C=O) groups excluding carboxylic acids is 1. The van der Waals surface area contributed by atoms with Gasteiger partial charge in [-0.05, 0) is 37.1 Å². The van der Waals surface area contributed by atoms with Crippen LogP contribution in [0.3, 0.4) is 0 Å². The third kappa shape index (κ3) is 3.92. The Morgan fingerprint density at radius 1 is 1.12 bits per heavy atom. The molecule has 1 aliphatic rings. The van der Waals surface area contributed by atoms with Crippen LogP contribution in [0.2, 0.25) is 0 Å². The molecule has 0 radical (unpaired) electrons. The summed E-state index contributed by atoms with van der Waals surface area (Å²) in [5.74, 6) is 1.41. The summed E-state index contributed by atoms with van der Waals surface area (Å²) in [5, 5.41) is 9.07. The lowest BCUT2D eigenvalue weighted by Crippen LogP contribution is -2.27. The molecule has 2 aromatic heterocycles.